The van der Waals surface area contributed by atoms with Crippen molar-refractivity contribution in [2.45, 2.75) is 19.4 Å². The van der Waals surface area contributed by atoms with Crippen LogP contribution in [-0.4, -0.2) is 4.93 Å². The van der Waals surface area contributed by atoms with Gasteiger partial charge in [-0.25, -0.2) is 0 Å². The van der Waals surface area contributed by atoms with Crippen LogP contribution in [0.3, 0.4) is 0 Å². The Hall–Kier alpha value is -0.0900. The van der Waals surface area contributed by atoms with Crippen molar-refractivity contribution in [3.63, 3.8) is 0 Å². The summed E-state index contributed by atoms with van der Waals surface area (Å²) < 4.78 is 7.47. The molecular formula is C10H13IO. The fraction of sp³-hybridized carbons (Fsp3) is 0.400. The van der Waals surface area contributed by atoms with Crippen molar-refractivity contribution in [1.82, 2.24) is 0 Å². The van der Waals surface area contributed by atoms with Gasteiger partial charge in [-0.2, -0.15) is 0 Å². The van der Waals surface area contributed by atoms with Crippen molar-refractivity contribution < 1.29 is 3.07 Å². The van der Waals surface area contributed by atoms with Gasteiger partial charge in [0.05, 0.1) is 0 Å². The Balaban J connectivity index is 2.58. The molecule has 1 nitrogen and oxygen atoms in total. The van der Waals surface area contributed by atoms with Gasteiger partial charge in [-0.15, -0.1) is 0 Å². The Morgan fingerprint density at radius 2 is 1.92 bits per heavy atom. The van der Waals surface area contributed by atoms with Gasteiger partial charge >= 0.3 is 81.1 Å². The Labute approximate surface area is 81.1 Å². The van der Waals surface area contributed by atoms with Crippen LogP contribution < -0.4 is 0 Å². The average molecular weight is 276 g/mol. The summed E-state index contributed by atoms with van der Waals surface area (Å²) >= 11 is -1.24. The molecule has 0 aliphatic carbocycles. The quantitative estimate of drug-likeness (QED) is 0.522. The monoisotopic (exact) mass is 276 g/mol. The number of hydrogen-bond acceptors (Lipinski definition) is 1. The molecule has 0 atom stereocenters. The van der Waals surface area contributed by atoms with Gasteiger partial charge in [-0.1, -0.05) is 0 Å². The first-order chi connectivity index (χ1) is 5.61. The molecule has 1 aromatic rings. The summed E-state index contributed by atoms with van der Waals surface area (Å²) in [6.07, 6.45) is 0. The fourth-order valence-electron chi connectivity index (χ4n) is 1.55. The van der Waals surface area contributed by atoms with E-state index in [0.29, 0.717) is 0 Å². The molecule has 0 saturated carbocycles. The van der Waals surface area contributed by atoms with Crippen LogP contribution in [0, 0.1) is 3.57 Å². The van der Waals surface area contributed by atoms with Crippen LogP contribution in [0.15, 0.2) is 24.3 Å². The molecule has 0 amide bonds. The van der Waals surface area contributed by atoms with Crippen LogP contribution in [0.25, 0.3) is 0 Å². The first kappa shape index (κ1) is 8.51. The summed E-state index contributed by atoms with van der Waals surface area (Å²) in [5.74, 6) is 0. The molecule has 0 fully saturated rings. The van der Waals surface area contributed by atoms with Gasteiger partial charge < -0.3 is 0 Å². The van der Waals surface area contributed by atoms with Gasteiger partial charge in [-0.05, 0) is 0 Å². The molecule has 1 aromatic carbocycles. The maximum atomic E-state index is 5.98. The first-order valence-corrected chi connectivity index (χ1v) is 8.12. The Morgan fingerprint density at radius 1 is 1.25 bits per heavy atom. The molecule has 66 valence electrons. The summed E-state index contributed by atoms with van der Waals surface area (Å²) in [7, 11) is 0. The molecule has 2 heteroatoms. The van der Waals surface area contributed by atoms with E-state index in [1.54, 1.807) is 0 Å². The van der Waals surface area contributed by atoms with Crippen molar-refractivity contribution in [1.29, 1.82) is 0 Å². The topological polar surface area (TPSA) is 9.23 Å². The third-order valence-electron chi connectivity index (χ3n) is 2.12. The zero-order valence-corrected chi connectivity index (χ0v) is 9.75. The molecule has 0 radical (unpaired) electrons. The van der Waals surface area contributed by atoms with Crippen LogP contribution in [0.5, 0.6) is 0 Å². The minimum atomic E-state index is -1.24. The Morgan fingerprint density at radius 3 is 2.58 bits per heavy atom. The number of rotatable bonds is 0. The van der Waals surface area contributed by atoms with E-state index in [-0.39, 0.29) is 5.60 Å². The third-order valence-corrected chi connectivity index (χ3v) is 6.46. The van der Waals surface area contributed by atoms with E-state index in [1.807, 2.05) is 0 Å². The van der Waals surface area contributed by atoms with Crippen molar-refractivity contribution in [3.05, 3.63) is 33.4 Å². The van der Waals surface area contributed by atoms with Crippen molar-refractivity contribution in [2.75, 3.05) is 4.93 Å². The maximum absolute atomic E-state index is 5.98. The van der Waals surface area contributed by atoms with Crippen molar-refractivity contribution in [2.24, 2.45) is 0 Å². The zero-order valence-electron chi connectivity index (χ0n) is 7.60. The van der Waals surface area contributed by atoms with Gasteiger partial charge in [0.25, 0.3) is 0 Å². The van der Waals surface area contributed by atoms with Crippen LogP contribution >= 0.6 is 20.2 Å². The van der Waals surface area contributed by atoms with Gasteiger partial charge in [0.1, 0.15) is 0 Å². The predicted octanol–water partition coefficient (Wildman–Crippen LogP) is 3.17. The van der Waals surface area contributed by atoms with E-state index >= 15 is 0 Å². The molecule has 1 heterocycles. The van der Waals surface area contributed by atoms with E-state index < -0.39 is 20.2 Å². The van der Waals surface area contributed by atoms with E-state index in [4.69, 9.17) is 3.07 Å². The summed E-state index contributed by atoms with van der Waals surface area (Å²) in [6.45, 7) is 4.32. The summed E-state index contributed by atoms with van der Waals surface area (Å²) in [6, 6.07) is 8.61. The second kappa shape index (κ2) is 2.70. The summed E-state index contributed by atoms with van der Waals surface area (Å²) in [5, 5.41) is 0. The summed E-state index contributed by atoms with van der Waals surface area (Å²) in [4.78, 5) is 2.26. The van der Waals surface area contributed by atoms with E-state index in [9.17, 15) is 0 Å². The molecule has 1 aliphatic heterocycles. The molecule has 12 heavy (non-hydrogen) atoms. The predicted molar refractivity (Wildman–Crippen MR) is 59.2 cm³/mol. The zero-order chi connectivity index (χ0) is 8.77. The molecule has 0 saturated heterocycles. The second-order valence-corrected chi connectivity index (χ2v) is 7.49. The molecule has 0 aromatic heterocycles. The second-order valence-electron chi connectivity index (χ2n) is 3.49. The summed E-state index contributed by atoms with van der Waals surface area (Å²) in [5.41, 5.74) is 1.37. The van der Waals surface area contributed by atoms with Crippen molar-refractivity contribution >= 4 is 20.2 Å². The number of alkyl halides is 1. The molecule has 2 rings (SSSR count). The molecule has 0 spiro atoms. The van der Waals surface area contributed by atoms with Crippen molar-refractivity contribution in [3.8, 4) is 0 Å². The number of hydrogen-bond donors (Lipinski definition) is 0. The SMILES string of the molecule is CI1OC(C)(C)c2ccccc21. The average Bonchev–Trinajstić information content (AvgIpc) is 2.25. The van der Waals surface area contributed by atoms with Crippen LogP contribution in [0.2, 0.25) is 0 Å². The first-order valence-electron chi connectivity index (χ1n) is 4.00. The normalized spacial score (nSPS) is 22.4. The Bertz CT molecular complexity index is 306. The number of benzene rings is 1. The van der Waals surface area contributed by atoms with E-state index in [2.05, 4.69) is 43.0 Å². The van der Waals surface area contributed by atoms with E-state index in [0.717, 1.165) is 0 Å². The molecule has 0 unspecified atom stereocenters. The number of fused-ring (bicyclic) bond motifs is 1. The third kappa shape index (κ3) is 1.17. The van der Waals surface area contributed by atoms with E-state index in [1.165, 1.54) is 9.13 Å². The van der Waals surface area contributed by atoms with Crippen LogP contribution in [-0.2, 0) is 8.67 Å². The molecule has 0 N–H and O–H groups in total. The van der Waals surface area contributed by atoms with Gasteiger partial charge in [0, 0.05) is 0 Å². The molecule has 0 bridgehead atoms. The fourth-order valence-corrected chi connectivity index (χ4v) is 6.04. The van der Waals surface area contributed by atoms with Gasteiger partial charge in [0.2, 0.25) is 0 Å². The van der Waals surface area contributed by atoms with Crippen LogP contribution in [0.1, 0.15) is 19.4 Å². The minimum absolute atomic E-state index is 0.0316. The van der Waals surface area contributed by atoms with Gasteiger partial charge in [-0.3, -0.25) is 0 Å². The standard InChI is InChI=1S/C10H13IO/c1-10(2)8-6-4-5-7-9(8)11(3)12-10/h4-7H,1-3H3. The van der Waals surface area contributed by atoms with Gasteiger partial charge in [0.15, 0.2) is 0 Å². The van der Waals surface area contributed by atoms with Crippen LogP contribution in [0.4, 0.5) is 0 Å². The molecular weight excluding hydrogens is 263 g/mol. The molecule has 1 aliphatic rings. The number of halogens is 1. The Kier molecular flexibility index (Phi) is 1.92.